The van der Waals surface area contributed by atoms with Crippen LogP contribution in [0.1, 0.15) is 24.6 Å². The Morgan fingerprint density at radius 3 is 3.04 bits per heavy atom. The van der Waals surface area contributed by atoms with Crippen molar-refractivity contribution in [3.05, 3.63) is 22.4 Å². The van der Waals surface area contributed by atoms with Crippen LogP contribution in [0.3, 0.4) is 0 Å². The summed E-state index contributed by atoms with van der Waals surface area (Å²) in [7, 11) is 0. The minimum Gasteiger partial charge on any atom is -0.377 e. The van der Waals surface area contributed by atoms with Crippen LogP contribution < -0.4 is 0 Å². The van der Waals surface area contributed by atoms with Crippen LogP contribution in [0.4, 0.5) is 0 Å². The summed E-state index contributed by atoms with van der Waals surface area (Å²) in [6.45, 7) is 7.05. The van der Waals surface area contributed by atoms with Crippen LogP contribution >= 0.6 is 11.3 Å². The third-order valence-electron chi connectivity index (χ3n) is 4.40. The maximum atomic E-state index is 12.6. The molecular formula is C17H26N2O3S. The summed E-state index contributed by atoms with van der Waals surface area (Å²) in [4.78, 5) is 18.1. The summed E-state index contributed by atoms with van der Waals surface area (Å²) in [6.07, 6.45) is 2.64. The predicted molar refractivity (Wildman–Crippen MR) is 90.6 cm³/mol. The van der Waals surface area contributed by atoms with Crippen LogP contribution in [0.25, 0.3) is 0 Å². The summed E-state index contributed by atoms with van der Waals surface area (Å²) < 4.78 is 11.3. The molecule has 0 aromatic carbocycles. The summed E-state index contributed by atoms with van der Waals surface area (Å²) in [5.74, 6) is 0.203. The van der Waals surface area contributed by atoms with Crippen LogP contribution in [-0.4, -0.2) is 67.3 Å². The standard InChI is InChI=1S/C17H26N2O3S/c1-14-10-19(6-8-21-14)17(20)13-18(11-15-4-2-7-22-15)12-16-5-3-9-23-16/h3,5,9,14-15H,2,4,6-8,10-13H2,1H3. The first-order valence-electron chi connectivity index (χ1n) is 8.46. The average Bonchev–Trinajstić information content (AvgIpc) is 3.21. The van der Waals surface area contributed by atoms with E-state index in [1.165, 1.54) is 4.88 Å². The molecule has 6 heteroatoms. The normalized spacial score (nSPS) is 25.2. The SMILES string of the molecule is CC1CN(C(=O)CN(Cc2cccs2)CC2CCCO2)CCO1. The van der Waals surface area contributed by atoms with Gasteiger partial charge in [-0.05, 0) is 31.2 Å². The molecule has 2 atom stereocenters. The third kappa shape index (κ3) is 5.01. The molecule has 2 fully saturated rings. The van der Waals surface area contributed by atoms with E-state index >= 15 is 0 Å². The molecule has 0 saturated carbocycles. The molecule has 3 heterocycles. The van der Waals surface area contributed by atoms with E-state index in [9.17, 15) is 4.79 Å². The van der Waals surface area contributed by atoms with Crippen LogP contribution in [0.15, 0.2) is 17.5 Å². The molecule has 0 N–H and O–H groups in total. The minimum absolute atomic E-state index is 0.136. The number of carbonyl (C=O) groups is 1. The van der Waals surface area contributed by atoms with E-state index in [1.54, 1.807) is 11.3 Å². The van der Waals surface area contributed by atoms with Gasteiger partial charge in [0.1, 0.15) is 0 Å². The number of amides is 1. The van der Waals surface area contributed by atoms with Gasteiger partial charge >= 0.3 is 0 Å². The summed E-state index contributed by atoms with van der Waals surface area (Å²) in [5.41, 5.74) is 0. The molecule has 2 aliphatic rings. The molecule has 128 valence electrons. The molecule has 0 aliphatic carbocycles. The Morgan fingerprint density at radius 2 is 2.35 bits per heavy atom. The van der Waals surface area contributed by atoms with Crippen molar-refractivity contribution in [1.29, 1.82) is 0 Å². The Labute approximate surface area is 142 Å². The largest absolute Gasteiger partial charge is 0.377 e. The monoisotopic (exact) mass is 338 g/mol. The smallest absolute Gasteiger partial charge is 0.236 e. The predicted octanol–water partition coefficient (Wildman–Crippen LogP) is 1.98. The molecule has 5 nitrogen and oxygen atoms in total. The summed E-state index contributed by atoms with van der Waals surface area (Å²) >= 11 is 1.74. The molecule has 0 bridgehead atoms. The number of hydrogen-bond acceptors (Lipinski definition) is 5. The fraction of sp³-hybridized carbons (Fsp3) is 0.706. The molecule has 23 heavy (non-hydrogen) atoms. The molecule has 2 aliphatic heterocycles. The van der Waals surface area contributed by atoms with Crippen LogP contribution in [0.5, 0.6) is 0 Å². The number of carbonyl (C=O) groups excluding carboxylic acids is 1. The lowest BCUT2D eigenvalue weighted by molar-refractivity contribution is -0.139. The van der Waals surface area contributed by atoms with Gasteiger partial charge in [0.15, 0.2) is 0 Å². The first kappa shape index (κ1) is 16.9. The molecule has 1 aromatic heterocycles. The Bertz CT molecular complexity index is 488. The topological polar surface area (TPSA) is 42.0 Å². The third-order valence-corrected chi connectivity index (χ3v) is 5.26. The molecule has 3 rings (SSSR count). The van der Waals surface area contributed by atoms with Crippen molar-refractivity contribution >= 4 is 17.2 Å². The van der Waals surface area contributed by atoms with Crippen molar-refractivity contribution in [2.75, 3.05) is 39.4 Å². The van der Waals surface area contributed by atoms with E-state index in [0.29, 0.717) is 26.2 Å². The zero-order valence-electron chi connectivity index (χ0n) is 13.8. The van der Waals surface area contributed by atoms with Gasteiger partial charge in [0, 0.05) is 37.7 Å². The number of morpholine rings is 1. The molecule has 0 radical (unpaired) electrons. The first-order valence-corrected chi connectivity index (χ1v) is 9.34. The lowest BCUT2D eigenvalue weighted by Gasteiger charge is -2.33. The Morgan fingerprint density at radius 1 is 1.43 bits per heavy atom. The van der Waals surface area contributed by atoms with Crippen LogP contribution in [0.2, 0.25) is 0 Å². The number of ether oxygens (including phenoxy) is 2. The Kier molecular flexibility index (Phi) is 6.05. The maximum Gasteiger partial charge on any atom is 0.236 e. The van der Waals surface area contributed by atoms with Gasteiger partial charge in [0.25, 0.3) is 0 Å². The van der Waals surface area contributed by atoms with Crippen LogP contribution in [0, 0.1) is 0 Å². The number of hydrogen-bond donors (Lipinski definition) is 0. The zero-order chi connectivity index (χ0) is 16.1. The van der Waals surface area contributed by atoms with Crippen LogP contribution in [-0.2, 0) is 20.8 Å². The Balaban J connectivity index is 1.58. The van der Waals surface area contributed by atoms with Crippen molar-refractivity contribution in [3.63, 3.8) is 0 Å². The second-order valence-corrected chi connectivity index (χ2v) is 7.44. The van der Waals surface area contributed by atoms with Gasteiger partial charge in [-0.15, -0.1) is 11.3 Å². The van der Waals surface area contributed by atoms with Gasteiger partial charge in [-0.2, -0.15) is 0 Å². The van der Waals surface area contributed by atoms with E-state index < -0.39 is 0 Å². The van der Waals surface area contributed by atoms with Crippen molar-refractivity contribution < 1.29 is 14.3 Å². The highest BCUT2D eigenvalue weighted by atomic mass is 32.1. The summed E-state index contributed by atoms with van der Waals surface area (Å²) in [6, 6.07) is 4.20. The fourth-order valence-electron chi connectivity index (χ4n) is 3.22. The highest BCUT2D eigenvalue weighted by Crippen LogP contribution is 2.17. The molecule has 2 saturated heterocycles. The molecular weight excluding hydrogens is 312 g/mol. The molecule has 1 amide bonds. The minimum atomic E-state index is 0.136. The average molecular weight is 338 g/mol. The van der Waals surface area contributed by atoms with Crippen molar-refractivity contribution in [2.24, 2.45) is 0 Å². The number of nitrogens with zero attached hydrogens (tertiary/aromatic N) is 2. The lowest BCUT2D eigenvalue weighted by atomic mass is 10.2. The van der Waals surface area contributed by atoms with Crippen molar-refractivity contribution in [1.82, 2.24) is 9.80 Å². The first-order chi connectivity index (χ1) is 11.2. The van der Waals surface area contributed by atoms with E-state index in [1.807, 2.05) is 11.8 Å². The van der Waals surface area contributed by atoms with Gasteiger partial charge in [-0.3, -0.25) is 9.69 Å². The van der Waals surface area contributed by atoms with Gasteiger partial charge in [-0.1, -0.05) is 6.07 Å². The molecule has 2 unspecified atom stereocenters. The van der Waals surface area contributed by atoms with Gasteiger partial charge in [0.2, 0.25) is 5.91 Å². The summed E-state index contributed by atoms with van der Waals surface area (Å²) in [5, 5.41) is 2.09. The van der Waals surface area contributed by atoms with Gasteiger partial charge in [0.05, 0.1) is 25.4 Å². The van der Waals surface area contributed by atoms with Gasteiger partial charge < -0.3 is 14.4 Å². The highest BCUT2D eigenvalue weighted by Gasteiger charge is 2.25. The maximum absolute atomic E-state index is 12.6. The van der Waals surface area contributed by atoms with Crippen molar-refractivity contribution in [2.45, 2.75) is 38.5 Å². The highest BCUT2D eigenvalue weighted by molar-refractivity contribution is 7.09. The quantitative estimate of drug-likeness (QED) is 0.795. The van der Waals surface area contributed by atoms with E-state index in [4.69, 9.17) is 9.47 Å². The molecule has 1 aromatic rings. The van der Waals surface area contributed by atoms with E-state index in [0.717, 1.165) is 32.5 Å². The second-order valence-electron chi connectivity index (χ2n) is 6.41. The second kappa shape index (κ2) is 8.24. The molecule has 0 spiro atoms. The number of rotatable bonds is 6. The fourth-order valence-corrected chi connectivity index (χ4v) is 3.97. The Hall–Kier alpha value is -0.950. The van der Waals surface area contributed by atoms with E-state index in [-0.39, 0.29) is 18.1 Å². The zero-order valence-corrected chi connectivity index (χ0v) is 14.6. The lowest BCUT2D eigenvalue weighted by Crippen LogP contribution is -2.49. The van der Waals surface area contributed by atoms with E-state index in [2.05, 4.69) is 22.4 Å². The van der Waals surface area contributed by atoms with Crippen molar-refractivity contribution in [3.8, 4) is 0 Å². The van der Waals surface area contributed by atoms with Gasteiger partial charge in [-0.25, -0.2) is 0 Å². The number of thiophene rings is 1.